The van der Waals surface area contributed by atoms with Crippen LogP contribution in [-0.4, -0.2) is 160 Å². The van der Waals surface area contributed by atoms with Crippen LogP contribution in [0.15, 0.2) is 85.3 Å². The lowest BCUT2D eigenvalue weighted by Crippen LogP contribution is -2.44. The molecule has 4 aromatic rings. The number of aromatic nitrogens is 2. The van der Waals surface area contributed by atoms with E-state index in [9.17, 15) is 57.4 Å². The van der Waals surface area contributed by atoms with Crippen molar-refractivity contribution >= 4 is 70.6 Å². The fourth-order valence-electron chi connectivity index (χ4n) is 9.79. The Kier molecular flexibility index (Phi) is 30.9. The largest absolute Gasteiger partial charge is 0.481 e. The van der Waals surface area contributed by atoms with Gasteiger partial charge in [0.05, 0.1) is 82.8 Å². The number of carbonyl (C=O) groups excluding carboxylic acids is 9. The Bertz CT molecular complexity index is 2980. The lowest BCUT2D eigenvalue weighted by molar-refractivity contribution is -0.197. The number of nitrogens with one attached hydrogen (secondary N) is 1. The van der Waals surface area contributed by atoms with Crippen molar-refractivity contribution in [3.8, 4) is 11.1 Å². The number of carboxylic acid groups (broad SMARTS) is 1. The topological polar surface area (TPSA) is 299 Å². The van der Waals surface area contributed by atoms with Crippen LogP contribution in [0.2, 0.25) is 0 Å². The van der Waals surface area contributed by atoms with Crippen molar-refractivity contribution in [2.75, 3.05) is 70.9 Å². The van der Waals surface area contributed by atoms with E-state index in [2.05, 4.69) is 10.3 Å². The lowest BCUT2D eigenvalue weighted by Gasteiger charge is -2.41. The molecule has 4 N–H and O–H groups in total. The van der Waals surface area contributed by atoms with Gasteiger partial charge in [0.25, 0.3) is 11.8 Å². The molecule has 3 atom stereocenters. The molecular weight excluding hydrogens is 1180 g/mol. The molecule has 0 radical (unpaired) electrons. The molecule has 0 saturated carbocycles. The molecule has 484 valence electrons. The predicted octanol–water partition coefficient (Wildman–Crippen LogP) is 7.11. The smallest absolute Gasteiger partial charge is 0.333 e. The predicted molar refractivity (Wildman–Crippen MR) is 323 cm³/mol. The zero-order valence-corrected chi connectivity index (χ0v) is 51.6. The summed E-state index contributed by atoms with van der Waals surface area (Å²) < 4.78 is 54.2. The van der Waals surface area contributed by atoms with E-state index >= 15 is 4.39 Å². The summed E-state index contributed by atoms with van der Waals surface area (Å²) in [5, 5.41) is 13.3. The number of thioether (sulfide) groups is 1. The van der Waals surface area contributed by atoms with Crippen LogP contribution in [0.4, 0.5) is 8.78 Å². The Balaban J connectivity index is 1.09. The van der Waals surface area contributed by atoms with E-state index in [1.165, 1.54) is 12.4 Å². The molecular formula is C64H82F2N6O16S. The third-order valence-electron chi connectivity index (χ3n) is 14.2. The minimum Gasteiger partial charge on any atom is -0.481 e. The van der Waals surface area contributed by atoms with Gasteiger partial charge >= 0.3 is 11.9 Å². The van der Waals surface area contributed by atoms with Gasteiger partial charge in [-0.05, 0) is 78.6 Å². The number of halogens is 2. The Morgan fingerprint density at radius 3 is 2.01 bits per heavy atom. The number of unbranched alkanes of at least 4 members (excludes halogenated alkanes) is 1. The van der Waals surface area contributed by atoms with Gasteiger partial charge in [-0.15, -0.1) is 5.06 Å². The number of hydrogen-bond acceptors (Lipinski definition) is 17. The molecule has 89 heavy (non-hydrogen) atoms. The number of carboxylic acids is 1. The van der Waals surface area contributed by atoms with E-state index in [4.69, 9.17) is 29.5 Å². The fourth-order valence-corrected chi connectivity index (χ4v) is 10.8. The maximum Gasteiger partial charge on any atom is 0.333 e. The van der Waals surface area contributed by atoms with E-state index in [0.29, 0.717) is 54.7 Å². The van der Waals surface area contributed by atoms with Gasteiger partial charge in [-0.1, -0.05) is 51.1 Å². The van der Waals surface area contributed by atoms with Crippen molar-refractivity contribution in [3.63, 3.8) is 0 Å². The van der Waals surface area contributed by atoms with Crippen LogP contribution >= 0.6 is 11.8 Å². The number of ketones is 3. The molecule has 1 aliphatic rings. The molecule has 22 nitrogen and oxygen atoms in total. The number of hydroxylamine groups is 2. The average molecular weight is 1260 g/mol. The Hall–Kier alpha value is -7.58. The Labute approximate surface area is 521 Å². The number of carbonyl (C=O) groups is 10. The number of nitrogens with two attached hydrogens (primary N) is 1. The van der Waals surface area contributed by atoms with Crippen LogP contribution in [-0.2, 0) is 84.7 Å². The SMILES string of the molecule is CC(C)(C)[C@H](c1cc(-c2cc(F)ccc2F)cn1Cc1ccccc1)N(CCCCC(=O)[C@H](CC(N)=O)NC(=O)Cc1ccncc1)C(=O)CSC[C@H](CC(=O)CCOCCOCCOCCOCCCC(=O)CCCC(=O)ON1C(=O)CCC1=O)C(=O)O. The molecule has 5 amide bonds. The highest BCUT2D eigenvalue weighted by atomic mass is 32.2. The number of primary amides is 1. The summed E-state index contributed by atoms with van der Waals surface area (Å²) in [4.78, 5) is 137. The van der Waals surface area contributed by atoms with E-state index in [-0.39, 0.29) is 151 Å². The van der Waals surface area contributed by atoms with E-state index < -0.39 is 82.8 Å². The number of rotatable bonds is 44. The Morgan fingerprint density at radius 2 is 1.37 bits per heavy atom. The molecule has 5 rings (SSSR count). The van der Waals surface area contributed by atoms with E-state index in [1.807, 2.05) is 55.7 Å². The van der Waals surface area contributed by atoms with Crippen molar-refractivity contribution in [2.45, 2.75) is 129 Å². The highest BCUT2D eigenvalue weighted by molar-refractivity contribution is 7.99. The van der Waals surface area contributed by atoms with Crippen molar-refractivity contribution in [3.05, 3.63) is 114 Å². The average Bonchev–Trinajstić information content (AvgIpc) is 1.81. The highest BCUT2D eigenvalue weighted by Crippen LogP contribution is 2.42. The number of pyridine rings is 1. The van der Waals surface area contributed by atoms with Gasteiger partial charge < -0.3 is 49.4 Å². The van der Waals surface area contributed by atoms with Crippen LogP contribution in [0.3, 0.4) is 0 Å². The molecule has 1 aliphatic heterocycles. The lowest BCUT2D eigenvalue weighted by atomic mass is 9.82. The van der Waals surface area contributed by atoms with Gasteiger partial charge in [0.1, 0.15) is 23.2 Å². The highest BCUT2D eigenvalue weighted by Gasteiger charge is 2.38. The summed E-state index contributed by atoms with van der Waals surface area (Å²) >= 11 is 1.05. The van der Waals surface area contributed by atoms with Crippen LogP contribution in [0.1, 0.15) is 127 Å². The number of Topliss-reactive ketones (excluding diaryl/α,β-unsaturated/α-hetero) is 3. The number of aliphatic carboxylic acids is 1. The van der Waals surface area contributed by atoms with Crippen LogP contribution in [0.5, 0.6) is 0 Å². The van der Waals surface area contributed by atoms with E-state index in [1.54, 1.807) is 29.3 Å². The van der Waals surface area contributed by atoms with Crippen LogP contribution in [0.25, 0.3) is 11.1 Å². The molecule has 0 unspecified atom stereocenters. The molecule has 25 heteroatoms. The Morgan fingerprint density at radius 1 is 0.730 bits per heavy atom. The molecule has 1 saturated heterocycles. The van der Waals surface area contributed by atoms with Crippen molar-refractivity contribution in [2.24, 2.45) is 17.1 Å². The summed E-state index contributed by atoms with van der Waals surface area (Å²) in [6, 6.07) is 15.7. The number of nitrogens with zero attached hydrogens (tertiary/aromatic N) is 4. The van der Waals surface area contributed by atoms with Crippen molar-refractivity contribution in [1.29, 1.82) is 0 Å². The third-order valence-corrected chi connectivity index (χ3v) is 15.3. The number of hydrogen-bond donors (Lipinski definition) is 3. The van der Waals surface area contributed by atoms with Gasteiger partial charge in [0.2, 0.25) is 17.7 Å². The zero-order chi connectivity index (χ0) is 64.7. The van der Waals surface area contributed by atoms with Crippen LogP contribution in [0, 0.1) is 23.0 Å². The normalized spacial score (nSPS) is 13.4. The van der Waals surface area contributed by atoms with Gasteiger partial charge in [0.15, 0.2) is 5.78 Å². The minimum atomic E-state index is -1.22. The number of benzene rings is 2. The summed E-state index contributed by atoms with van der Waals surface area (Å²) in [5.41, 5.74) is 7.28. The summed E-state index contributed by atoms with van der Waals surface area (Å²) in [5.74, 6) is -8.29. The first-order chi connectivity index (χ1) is 42.6. The molecule has 1 fully saturated rings. The summed E-state index contributed by atoms with van der Waals surface area (Å²) in [7, 11) is 0. The minimum absolute atomic E-state index is 0.00348. The first-order valence-corrected chi connectivity index (χ1v) is 30.9. The zero-order valence-electron chi connectivity index (χ0n) is 50.8. The van der Waals surface area contributed by atoms with Crippen LogP contribution < -0.4 is 11.1 Å². The van der Waals surface area contributed by atoms with Gasteiger partial charge in [-0.25, -0.2) is 13.6 Å². The monoisotopic (exact) mass is 1260 g/mol. The third kappa shape index (κ3) is 26.2. The standard InChI is InChI=1S/C64H82F2N6O16S/c1-64(2,3)62(54-37-46(51-38-48(65)17-18-52(51)66)41-70(54)40-45-11-5-4-6-12-45)71(26-8-7-15-55(75)53(39-56(67)76)69-57(77)35-44-21-24-68-25-22-44)60(80)43-89-42-47(63(82)83)36-50(74)23-28-85-30-32-87-34-33-86-31-29-84-27-10-14-49(73)13-9-16-61(81)88-72-58(78)19-20-59(72)79/h4-6,11-12,17-18,21-22,24-25,37-38,41,47,53,62H,7-10,13-16,19-20,23,26-36,39-40,42-43H2,1-3H3,(H2,67,76)(H,69,77)(H,82,83)/t47-,53-,62-/m0/s1. The maximum atomic E-state index is 15.5. The number of ether oxygens (including phenoxy) is 4. The molecule has 0 bridgehead atoms. The second-order valence-corrected chi connectivity index (χ2v) is 23.6. The molecule has 3 heterocycles. The summed E-state index contributed by atoms with van der Waals surface area (Å²) in [6.07, 6.45) is 5.38. The first-order valence-electron chi connectivity index (χ1n) is 29.8. The molecule has 2 aromatic carbocycles. The maximum absolute atomic E-state index is 15.5. The first kappa shape index (κ1) is 72.2. The second-order valence-electron chi connectivity index (χ2n) is 22.5. The van der Waals surface area contributed by atoms with E-state index in [0.717, 1.165) is 35.5 Å². The second kappa shape index (κ2) is 38.1. The quantitative estimate of drug-likeness (QED) is 0.0293. The molecule has 2 aromatic heterocycles. The fraction of sp³-hybridized carbons (Fsp3) is 0.516. The van der Waals surface area contributed by atoms with Gasteiger partial charge in [-0.2, -0.15) is 11.8 Å². The summed E-state index contributed by atoms with van der Waals surface area (Å²) in [6.45, 7) is 8.07. The van der Waals surface area contributed by atoms with Crippen molar-refractivity contribution in [1.82, 2.24) is 24.8 Å². The van der Waals surface area contributed by atoms with Gasteiger partial charge in [0, 0.05) is 112 Å². The van der Waals surface area contributed by atoms with Crippen molar-refractivity contribution < 1.29 is 85.6 Å². The molecule has 0 spiro atoms. The van der Waals surface area contributed by atoms with Gasteiger partial charge in [-0.3, -0.25) is 48.1 Å². The number of amides is 5. The molecule has 0 aliphatic carbocycles. The number of imide groups is 1.